The van der Waals surface area contributed by atoms with Crippen LogP contribution in [-0.4, -0.2) is 58.5 Å². The van der Waals surface area contributed by atoms with Gasteiger partial charge in [0.1, 0.15) is 6.61 Å². The summed E-state index contributed by atoms with van der Waals surface area (Å²) in [4.78, 5) is 40.1. The largest absolute Gasteiger partial charge is 0.449 e. The van der Waals surface area contributed by atoms with Crippen molar-refractivity contribution in [1.82, 2.24) is 15.6 Å². The van der Waals surface area contributed by atoms with Crippen molar-refractivity contribution >= 4 is 27.6 Å². The third-order valence-electron chi connectivity index (χ3n) is 6.88. The molecule has 1 saturated heterocycles. The van der Waals surface area contributed by atoms with Crippen molar-refractivity contribution in [1.29, 1.82) is 0 Å². The summed E-state index contributed by atoms with van der Waals surface area (Å²) in [5.41, 5.74) is 4.18. The molecule has 2 aliphatic rings. The Bertz CT molecular complexity index is 1050. The highest BCUT2D eigenvalue weighted by atomic mass is 28.2. The Morgan fingerprint density at radius 1 is 1.14 bits per heavy atom. The summed E-state index contributed by atoms with van der Waals surface area (Å²) in [5.74, 6) is -0.494. The molecule has 0 spiro atoms. The number of ether oxygens (including phenoxy) is 1. The van der Waals surface area contributed by atoms with Gasteiger partial charge in [-0.05, 0) is 41.5 Å². The van der Waals surface area contributed by atoms with Crippen molar-refractivity contribution in [3.8, 4) is 11.1 Å². The molecule has 8 nitrogen and oxygen atoms in total. The van der Waals surface area contributed by atoms with E-state index in [0.717, 1.165) is 28.7 Å². The summed E-state index contributed by atoms with van der Waals surface area (Å²) in [5, 5.41) is 15.4. The minimum atomic E-state index is -0.551. The van der Waals surface area contributed by atoms with E-state index in [-0.39, 0.29) is 46.5 Å². The molecule has 0 saturated carbocycles. The topological polar surface area (TPSA) is 117 Å². The van der Waals surface area contributed by atoms with E-state index in [2.05, 4.69) is 39.9 Å². The van der Waals surface area contributed by atoms with E-state index in [1.54, 1.807) is 0 Å². The summed E-state index contributed by atoms with van der Waals surface area (Å²) >= 11 is 0. The average Bonchev–Trinajstić information content (AvgIpc) is 3.45. The molecule has 1 heterocycles. The Morgan fingerprint density at radius 2 is 1.81 bits per heavy atom. The monoisotopic (exact) mass is 507 g/mol. The predicted octanol–water partition coefficient (Wildman–Crippen LogP) is 2.74. The third-order valence-corrected chi connectivity index (χ3v) is 8.13. The summed E-state index contributed by atoms with van der Waals surface area (Å²) < 4.78 is 5.59. The number of hydrogen-bond acceptors (Lipinski definition) is 5. The fraction of sp³-hybridized carbons (Fsp3) is 0.444. The first-order valence-corrected chi connectivity index (χ1v) is 13.6. The van der Waals surface area contributed by atoms with Crippen molar-refractivity contribution in [3.63, 3.8) is 0 Å². The standard InChI is InChI=1S/C27H33N3O5Si/c1-2-7-24(26(33)29-18(15-31)14-17-12-13-28-25(17)32)36-30-27(34)35-16-23-21-10-5-3-8-19(21)20-9-4-6-11-22(20)23/h3-6,8-11,17-18,23-24,31H,2,7,12-16H2,1H3,(H,28,32)(H,29,33)(H,30,34)/t17-,18-,24-/m0/s1. The van der Waals surface area contributed by atoms with Gasteiger partial charge in [-0.2, -0.15) is 0 Å². The number of rotatable bonds is 11. The molecule has 9 heteroatoms. The van der Waals surface area contributed by atoms with Crippen molar-refractivity contribution in [3.05, 3.63) is 59.7 Å². The van der Waals surface area contributed by atoms with Crippen LogP contribution in [0.3, 0.4) is 0 Å². The van der Waals surface area contributed by atoms with Crippen LogP contribution < -0.4 is 15.6 Å². The van der Waals surface area contributed by atoms with Crippen LogP contribution in [0.5, 0.6) is 0 Å². The molecule has 0 unspecified atom stereocenters. The van der Waals surface area contributed by atoms with E-state index in [1.807, 2.05) is 31.2 Å². The SMILES string of the molecule is CCC[C@H]([Si]NC(=O)OCC1c2ccccc2-c2ccccc21)C(=O)N[C@H](CO)C[C@@H]1CCNC1=O. The Balaban J connectivity index is 1.29. The lowest BCUT2D eigenvalue weighted by Crippen LogP contribution is -2.44. The second-order valence-electron chi connectivity index (χ2n) is 9.34. The molecule has 36 heavy (non-hydrogen) atoms. The van der Waals surface area contributed by atoms with Gasteiger partial charge in [0.25, 0.3) is 0 Å². The molecule has 1 fully saturated rings. The maximum atomic E-state index is 12.9. The highest BCUT2D eigenvalue weighted by molar-refractivity contribution is 6.44. The van der Waals surface area contributed by atoms with Gasteiger partial charge in [0.2, 0.25) is 11.8 Å². The summed E-state index contributed by atoms with van der Waals surface area (Å²) in [6.45, 7) is 2.58. The summed E-state index contributed by atoms with van der Waals surface area (Å²) in [6, 6.07) is 15.8. The van der Waals surface area contributed by atoms with Crippen LogP contribution in [-0.2, 0) is 14.3 Å². The zero-order valence-electron chi connectivity index (χ0n) is 20.5. The zero-order chi connectivity index (χ0) is 25.5. The molecule has 4 N–H and O–H groups in total. The van der Waals surface area contributed by atoms with Crippen LogP contribution >= 0.6 is 0 Å². The number of amides is 3. The molecule has 1 aliphatic carbocycles. The summed E-state index contributed by atoms with van der Waals surface area (Å²) in [7, 11) is -0.155. The third kappa shape index (κ3) is 5.96. The molecule has 0 aromatic heterocycles. The molecule has 2 radical (unpaired) electrons. The van der Waals surface area contributed by atoms with E-state index < -0.39 is 17.7 Å². The minimum Gasteiger partial charge on any atom is -0.449 e. The van der Waals surface area contributed by atoms with Gasteiger partial charge in [-0.25, -0.2) is 4.79 Å². The van der Waals surface area contributed by atoms with Crippen molar-refractivity contribution < 1.29 is 24.2 Å². The number of aliphatic hydroxyl groups excluding tert-OH is 1. The number of carbonyl (C=O) groups is 3. The fourth-order valence-electron chi connectivity index (χ4n) is 5.03. The second-order valence-corrected chi connectivity index (χ2v) is 10.6. The number of fused-ring (bicyclic) bond motifs is 3. The molecule has 3 atom stereocenters. The molecular formula is C27H33N3O5Si. The van der Waals surface area contributed by atoms with Crippen molar-refractivity contribution in [2.24, 2.45) is 5.92 Å². The second kappa shape index (κ2) is 12.2. The smallest absolute Gasteiger partial charge is 0.398 e. The molecule has 0 bridgehead atoms. The van der Waals surface area contributed by atoms with Gasteiger partial charge in [0.15, 0.2) is 9.68 Å². The van der Waals surface area contributed by atoms with E-state index in [9.17, 15) is 19.5 Å². The lowest BCUT2D eigenvalue weighted by molar-refractivity contribution is -0.125. The number of benzene rings is 2. The molecule has 2 aromatic rings. The first-order valence-electron chi connectivity index (χ1n) is 12.6. The maximum Gasteiger partial charge on any atom is 0.398 e. The first-order chi connectivity index (χ1) is 17.5. The van der Waals surface area contributed by atoms with Gasteiger partial charge in [-0.15, -0.1) is 0 Å². The van der Waals surface area contributed by atoms with Gasteiger partial charge < -0.3 is 25.5 Å². The van der Waals surface area contributed by atoms with Crippen LogP contribution in [0.15, 0.2) is 48.5 Å². The molecule has 2 aromatic carbocycles. The highest BCUT2D eigenvalue weighted by Crippen LogP contribution is 2.44. The van der Waals surface area contributed by atoms with Gasteiger partial charge in [-0.1, -0.05) is 61.9 Å². The maximum absolute atomic E-state index is 12.9. The number of hydrogen-bond donors (Lipinski definition) is 4. The van der Waals surface area contributed by atoms with Gasteiger partial charge in [0, 0.05) is 18.4 Å². The number of carbonyl (C=O) groups excluding carboxylic acids is 3. The summed E-state index contributed by atoms with van der Waals surface area (Å²) in [6.07, 6.45) is 1.91. The lowest BCUT2D eigenvalue weighted by atomic mass is 9.98. The molecular weight excluding hydrogens is 474 g/mol. The van der Waals surface area contributed by atoms with E-state index in [4.69, 9.17) is 4.74 Å². The van der Waals surface area contributed by atoms with E-state index in [0.29, 0.717) is 25.8 Å². The quantitative estimate of drug-likeness (QED) is 0.349. The van der Waals surface area contributed by atoms with Crippen molar-refractivity contribution in [2.45, 2.75) is 50.1 Å². The van der Waals surface area contributed by atoms with Crippen LogP contribution in [0.25, 0.3) is 11.1 Å². The van der Waals surface area contributed by atoms with Crippen LogP contribution in [0.1, 0.15) is 49.7 Å². The van der Waals surface area contributed by atoms with Gasteiger partial charge in [0.05, 0.1) is 18.2 Å². The lowest BCUT2D eigenvalue weighted by Gasteiger charge is -2.22. The predicted molar refractivity (Wildman–Crippen MR) is 137 cm³/mol. The zero-order valence-corrected chi connectivity index (χ0v) is 21.5. The molecule has 1 aliphatic heterocycles. The molecule has 3 amide bonds. The van der Waals surface area contributed by atoms with Crippen molar-refractivity contribution in [2.75, 3.05) is 19.8 Å². The van der Waals surface area contributed by atoms with Crippen LogP contribution in [0, 0.1) is 5.92 Å². The molecule has 4 rings (SSSR count). The molecule has 190 valence electrons. The Morgan fingerprint density at radius 3 is 2.39 bits per heavy atom. The first kappa shape index (κ1) is 25.9. The normalized spacial score (nSPS) is 18.1. The minimum absolute atomic E-state index is 0.0284. The van der Waals surface area contributed by atoms with Gasteiger partial charge in [-0.3, -0.25) is 9.59 Å². The number of nitrogens with one attached hydrogen (secondary N) is 3. The highest BCUT2D eigenvalue weighted by Gasteiger charge is 2.31. The average molecular weight is 508 g/mol. The fourth-order valence-corrected chi connectivity index (χ4v) is 6.04. The Hall–Kier alpha value is -3.17. The van der Waals surface area contributed by atoms with Crippen LogP contribution in [0.4, 0.5) is 4.79 Å². The Kier molecular flexibility index (Phi) is 8.77. The van der Waals surface area contributed by atoms with E-state index in [1.165, 1.54) is 0 Å². The number of aliphatic hydroxyl groups is 1. The van der Waals surface area contributed by atoms with E-state index >= 15 is 0 Å². The Labute approximate surface area is 214 Å². The van der Waals surface area contributed by atoms with Gasteiger partial charge >= 0.3 is 6.09 Å². The van der Waals surface area contributed by atoms with Crippen LogP contribution in [0.2, 0.25) is 5.54 Å².